The Labute approximate surface area is 126 Å². The second kappa shape index (κ2) is 5.80. The summed E-state index contributed by atoms with van der Waals surface area (Å²) in [6.45, 7) is 4.46. The zero-order chi connectivity index (χ0) is 14.0. The summed E-state index contributed by atoms with van der Waals surface area (Å²) < 4.78 is 0. The van der Waals surface area contributed by atoms with Crippen LogP contribution < -0.4 is 5.32 Å². The normalized spacial score (nSPS) is 21.2. The molecule has 3 heteroatoms. The van der Waals surface area contributed by atoms with Gasteiger partial charge in [0, 0.05) is 11.4 Å². The van der Waals surface area contributed by atoms with E-state index < -0.39 is 0 Å². The van der Waals surface area contributed by atoms with Crippen molar-refractivity contribution in [1.29, 1.82) is 0 Å². The van der Waals surface area contributed by atoms with E-state index in [-0.39, 0.29) is 5.54 Å². The van der Waals surface area contributed by atoms with Crippen LogP contribution in [-0.2, 0) is 0 Å². The molecule has 1 spiro atoms. The third-order valence-electron chi connectivity index (χ3n) is 4.43. The van der Waals surface area contributed by atoms with Gasteiger partial charge in [0.1, 0.15) is 0 Å². The summed E-state index contributed by atoms with van der Waals surface area (Å²) in [5, 5.41) is 4.61. The molecule has 2 aliphatic rings. The van der Waals surface area contributed by atoms with Crippen LogP contribution in [-0.4, -0.2) is 16.5 Å². The van der Waals surface area contributed by atoms with E-state index in [2.05, 4.69) is 43.4 Å². The van der Waals surface area contributed by atoms with Crippen LogP contribution in [0.4, 0.5) is 5.69 Å². The van der Waals surface area contributed by atoms with Crippen LogP contribution in [0.15, 0.2) is 29.3 Å². The molecule has 20 heavy (non-hydrogen) atoms. The molecule has 1 fully saturated rings. The smallest absolute Gasteiger partial charge is 0.161 e. The Hall–Kier alpha value is -0.960. The van der Waals surface area contributed by atoms with Crippen molar-refractivity contribution in [3.63, 3.8) is 0 Å². The molecular weight excluding hydrogens is 264 g/mol. The summed E-state index contributed by atoms with van der Waals surface area (Å²) >= 11 is 1.89. The quantitative estimate of drug-likeness (QED) is 0.825. The van der Waals surface area contributed by atoms with Gasteiger partial charge in [0.25, 0.3) is 0 Å². The summed E-state index contributed by atoms with van der Waals surface area (Å²) in [5.74, 6) is 1.76. The highest BCUT2D eigenvalue weighted by molar-refractivity contribution is 8.14. The number of hydrogen-bond donors (Lipinski definition) is 1. The van der Waals surface area contributed by atoms with Crippen molar-refractivity contribution in [1.82, 2.24) is 0 Å². The number of hydrogen-bond acceptors (Lipinski definition) is 3. The molecule has 0 aromatic heterocycles. The topological polar surface area (TPSA) is 24.4 Å². The summed E-state index contributed by atoms with van der Waals surface area (Å²) in [6, 6.07) is 8.77. The van der Waals surface area contributed by atoms with Crippen molar-refractivity contribution in [3.8, 4) is 0 Å². The monoisotopic (exact) mass is 288 g/mol. The zero-order valence-electron chi connectivity index (χ0n) is 12.5. The third-order valence-corrected chi connectivity index (χ3v) is 5.58. The van der Waals surface area contributed by atoms with Crippen LogP contribution in [0.2, 0.25) is 0 Å². The van der Waals surface area contributed by atoms with Gasteiger partial charge in [-0.05, 0) is 36.5 Å². The van der Waals surface area contributed by atoms with Gasteiger partial charge in [-0.2, -0.15) is 0 Å². The molecule has 0 radical (unpaired) electrons. The number of amidine groups is 1. The number of anilines is 1. The van der Waals surface area contributed by atoms with E-state index in [1.807, 2.05) is 11.8 Å². The van der Waals surface area contributed by atoms with Gasteiger partial charge >= 0.3 is 0 Å². The average molecular weight is 288 g/mol. The molecular formula is C17H24N2S. The van der Waals surface area contributed by atoms with E-state index in [9.17, 15) is 0 Å². The number of nitrogens with zero attached hydrogens (tertiary/aromatic N) is 1. The van der Waals surface area contributed by atoms with E-state index in [1.165, 1.54) is 43.4 Å². The fourth-order valence-electron chi connectivity index (χ4n) is 3.09. The fourth-order valence-corrected chi connectivity index (χ4v) is 4.29. The van der Waals surface area contributed by atoms with Crippen molar-refractivity contribution < 1.29 is 0 Å². The molecule has 0 amide bonds. The van der Waals surface area contributed by atoms with Crippen LogP contribution in [0.25, 0.3) is 0 Å². The molecule has 0 saturated heterocycles. The van der Waals surface area contributed by atoms with Crippen molar-refractivity contribution in [2.45, 2.75) is 57.4 Å². The Morgan fingerprint density at radius 2 is 1.80 bits per heavy atom. The van der Waals surface area contributed by atoms with E-state index in [1.54, 1.807) is 0 Å². The molecule has 0 unspecified atom stereocenters. The highest BCUT2D eigenvalue weighted by Crippen LogP contribution is 2.39. The van der Waals surface area contributed by atoms with Gasteiger partial charge in [0.2, 0.25) is 0 Å². The predicted molar refractivity (Wildman–Crippen MR) is 89.9 cm³/mol. The molecule has 1 aliphatic heterocycles. The highest BCUT2D eigenvalue weighted by Gasteiger charge is 2.36. The SMILES string of the molecule is CC(C)c1ccc(NC2=NC3(CCCCC3)CS2)cc1. The maximum atomic E-state index is 5.00. The lowest BCUT2D eigenvalue weighted by molar-refractivity contribution is 0.335. The highest BCUT2D eigenvalue weighted by atomic mass is 32.2. The Bertz CT molecular complexity index is 484. The van der Waals surface area contributed by atoms with Crippen LogP contribution in [0.5, 0.6) is 0 Å². The lowest BCUT2D eigenvalue weighted by Gasteiger charge is -2.29. The minimum atomic E-state index is 0.253. The third kappa shape index (κ3) is 3.03. The number of thioether (sulfide) groups is 1. The van der Waals surface area contributed by atoms with Crippen molar-refractivity contribution in [2.24, 2.45) is 4.99 Å². The van der Waals surface area contributed by atoms with Gasteiger partial charge in [0.15, 0.2) is 5.17 Å². The molecule has 1 N–H and O–H groups in total. The molecule has 1 saturated carbocycles. The van der Waals surface area contributed by atoms with Crippen LogP contribution >= 0.6 is 11.8 Å². The molecule has 0 bridgehead atoms. The molecule has 3 rings (SSSR count). The first-order chi connectivity index (χ1) is 9.67. The van der Waals surface area contributed by atoms with E-state index in [0.29, 0.717) is 5.92 Å². The van der Waals surface area contributed by atoms with Crippen molar-refractivity contribution in [3.05, 3.63) is 29.8 Å². The standard InChI is InChI=1S/C17H24N2S/c1-13(2)14-6-8-15(9-7-14)18-16-19-17(12-20-16)10-4-3-5-11-17/h6-9,13H,3-5,10-12H2,1-2H3,(H,18,19). The molecule has 0 atom stereocenters. The molecule has 1 heterocycles. The van der Waals surface area contributed by atoms with E-state index in [0.717, 1.165) is 10.9 Å². The summed E-state index contributed by atoms with van der Waals surface area (Å²) in [7, 11) is 0. The van der Waals surface area contributed by atoms with Crippen LogP contribution in [0, 0.1) is 0 Å². The Kier molecular flexibility index (Phi) is 4.06. The van der Waals surface area contributed by atoms with Gasteiger partial charge in [-0.1, -0.05) is 57.0 Å². The minimum Gasteiger partial charge on any atom is -0.335 e. The minimum absolute atomic E-state index is 0.253. The summed E-state index contributed by atoms with van der Waals surface area (Å²) in [5.41, 5.74) is 2.80. The maximum absolute atomic E-state index is 5.00. The van der Waals surface area contributed by atoms with Gasteiger partial charge in [-0.15, -0.1) is 0 Å². The number of rotatable bonds is 2. The molecule has 2 nitrogen and oxygen atoms in total. The fraction of sp³-hybridized carbons (Fsp3) is 0.588. The largest absolute Gasteiger partial charge is 0.335 e. The number of nitrogens with one attached hydrogen (secondary N) is 1. The van der Waals surface area contributed by atoms with Crippen molar-refractivity contribution >= 4 is 22.6 Å². The van der Waals surface area contributed by atoms with Gasteiger partial charge < -0.3 is 5.32 Å². The maximum Gasteiger partial charge on any atom is 0.161 e. The van der Waals surface area contributed by atoms with Crippen LogP contribution in [0.1, 0.15) is 57.4 Å². The first-order valence-corrected chi connectivity index (χ1v) is 8.75. The first kappa shape index (κ1) is 14.0. The predicted octanol–water partition coefficient (Wildman–Crippen LogP) is 5.03. The van der Waals surface area contributed by atoms with Gasteiger partial charge in [-0.3, -0.25) is 4.99 Å². The Morgan fingerprint density at radius 1 is 1.10 bits per heavy atom. The lowest BCUT2D eigenvalue weighted by atomic mass is 9.84. The Balaban J connectivity index is 1.67. The number of aliphatic imine (C=N–C) groups is 1. The van der Waals surface area contributed by atoms with Crippen LogP contribution in [0.3, 0.4) is 0 Å². The molecule has 108 valence electrons. The second-order valence-corrected chi connectivity index (χ2v) is 7.36. The summed E-state index contributed by atoms with van der Waals surface area (Å²) in [4.78, 5) is 5.00. The van der Waals surface area contributed by atoms with Crippen molar-refractivity contribution in [2.75, 3.05) is 11.1 Å². The lowest BCUT2D eigenvalue weighted by Crippen LogP contribution is -2.29. The van der Waals surface area contributed by atoms with E-state index in [4.69, 9.17) is 4.99 Å². The van der Waals surface area contributed by atoms with E-state index >= 15 is 0 Å². The second-order valence-electron chi connectivity index (χ2n) is 6.39. The average Bonchev–Trinajstić information content (AvgIpc) is 2.83. The first-order valence-electron chi connectivity index (χ1n) is 7.77. The molecule has 1 aromatic carbocycles. The Morgan fingerprint density at radius 3 is 2.45 bits per heavy atom. The molecule has 1 aliphatic carbocycles. The zero-order valence-corrected chi connectivity index (χ0v) is 13.3. The molecule has 1 aromatic rings. The van der Waals surface area contributed by atoms with Gasteiger partial charge in [0.05, 0.1) is 5.54 Å². The van der Waals surface area contributed by atoms with Gasteiger partial charge in [-0.25, -0.2) is 0 Å². The number of benzene rings is 1. The summed E-state index contributed by atoms with van der Waals surface area (Å²) in [6.07, 6.45) is 6.64.